The molecule has 0 aromatic rings. The quantitative estimate of drug-likeness (QED) is 0.367. The third kappa shape index (κ3) is 11.6. The van der Waals surface area contributed by atoms with Crippen LogP contribution in [0.3, 0.4) is 0 Å². The van der Waals surface area contributed by atoms with Crippen molar-refractivity contribution >= 4 is 0 Å². The Bertz CT molecular complexity index is 260. The second kappa shape index (κ2) is 15.7. The van der Waals surface area contributed by atoms with Crippen LogP contribution in [-0.2, 0) is 0 Å². The van der Waals surface area contributed by atoms with Crippen LogP contribution in [0.5, 0.6) is 0 Å². The van der Waals surface area contributed by atoms with Crippen molar-refractivity contribution in [3.05, 3.63) is 12.2 Å². The molecule has 0 radical (unpaired) electrons. The van der Waals surface area contributed by atoms with Gasteiger partial charge >= 0.3 is 0 Å². The van der Waals surface area contributed by atoms with Gasteiger partial charge < -0.3 is 0 Å². The molecule has 128 valence electrons. The number of hydrogen-bond donors (Lipinski definition) is 0. The van der Waals surface area contributed by atoms with Crippen molar-refractivity contribution in [2.45, 2.75) is 95.9 Å². The molecular formula is C21H44. The Morgan fingerprint density at radius 1 is 1.10 bits per heavy atom. The molecule has 0 N–H and O–H groups in total. The molecule has 0 saturated heterocycles. The summed E-state index contributed by atoms with van der Waals surface area (Å²) in [6.07, 6.45) is 7.09. The van der Waals surface area contributed by atoms with Gasteiger partial charge in [-0.15, -0.1) is 12.3 Å². The average Bonchev–Trinajstić information content (AvgIpc) is 2.41. The lowest BCUT2D eigenvalue weighted by Crippen LogP contribution is -2.38. The SMILES string of the molecule is C#CC.C=C(C)C(C)(C)C(C)(C)C(C)CC.CC.CCC. The van der Waals surface area contributed by atoms with Gasteiger partial charge in [-0.25, -0.2) is 0 Å². The molecule has 0 heteroatoms. The van der Waals surface area contributed by atoms with Crippen molar-refractivity contribution in [1.29, 1.82) is 0 Å². The van der Waals surface area contributed by atoms with E-state index in [2.05, 4.69) is 81.2 Å². The average molecular weight is 297 g/mol. The van der Waals surface area contributed by atoms with Gasteiger partial charge in [0, 0.05) is 0 Å². The Kier molecular flexibility index (Phi) is 21.3. The van der Waals surface area contributed by atoms with Crippen LogP contribution in [0.25, 0.3) is 0 Å². The van der Waals surface area contributed by atoms with Gasteiger partial charge in [-0.3, -0.25) is 0 Å². The topological polar surface area (TPSA) is 0 Å². The molecule has 0 saturated carbocycles. The van der Waals surface area contributed by atoms with E-state index in [4.69, 9.17) is 0 Å². The number of rotatable bonds is 4. The largest absolute Gasteiger partial charge is 0.120 e. The second-order valence-electron chi connectivity index (χ2n) is 6.43. The van der Waals surface area contributed by atoms with E-state index in [1.807, 2.05) is 13.8 Å². The van der Waals surface area contributed by atoms with Crippen LogP contribution >= 0.6 is 0 Å². The van der Waals surface area contributed by atoms with Gasteiger partial charge in [-0.05, 0) is 30.6 Å². The fraction of sp³-hybridized carbons (Fsp3) is 0.810. The van der Waals surface area contributed by atoms with Gasteiger partial charge in [0.25, 0.3) is 0 Å². The molecule has 0 aromatic carbocycles. The molecular weight excluding hydrogens is 252 g/mol. The molecule has 1 unspecified atom stereocenters. The summed E-state index contributed by atoms with van der Waals surface area (Å²) in [7, 11) is 0. The summed E-state index contributed by atoms with van der Waals surface area (Å²) in [4.78, 5) is 0. The first-order valence-corrected chi connectivity index (χ1v) is 8.54. The summed E-state index contributed by atoms with van der Waals surface area (Å²) < 4.78 is 0. The Hall–Kier alpha value is -0.700. The van der Waals surface area contributed by atoms with Crippen molar-refractivity contribution in [1.82, 2.24) is 0 Å². The van der Waals surface area contributed by atoms with E-state index in [1.54, 1.807) is 6.92 Å². The normalized spacial score (nSPS) is 11.2. The molecule has 0 amide bonds. The van der Waals surface area contributed by atoms with Crippen molar-refractivity contribution in [3.8, 4) is 12.3 Å². The Morgan fingerprint density at radius 3 is 1.48 bits per heavy atom. The van der Waals surface area contributed by atoms with Crippen LogP contribution in [0.2, 0.25) is 0 Å². The Balaban J connectivity index is -0.000000151. The van der Waals surface area contributed by atoms with Gasteiger partial charge in [0.1, 0.15) is 0 Å². The molecule has 0 aliphatic heterocycles. The van der Waals surface area contributed by atoms with Crippen molar-refractivity contribution in [2.75, 3.05) is 0 Å². The summed E-state index contributed by atoms with van der Waals surface area (Å²) in [5, 5.41) is 0. The summed E-state index contributed by atoms with van der Waals surface area (Å²) in [5.74, 6) is 2.99. The molecule has 0 aliphatic carbocycles. The minimum absolute atomic E-state index is 0.225. The van der Waals surface area contributed by atoms with Crippen LogP contribution < -0.4 is 0 Å². The zero-order valence-electron chi connectivity index (χ0n) is 17.3. The zero-order chi connectivity index (χ0) is 18.3. The van der Waals surface area contributed by atoms with Crippen LogP contribution in [0.15, 0.2) is 12.2 Å². The van der Waals surface area contributed by atoms with E-state index in [0.29, 0.717) is 5.41 Å². The van der Waals surface area contributed by atoms with Crippen LogP contribution in [0.4, 0.5) is 0 Å². The van der Waals surface area contributed by atoms with Crippen molar-refractivity contribution in [3.63, 3.8) is 0 Å². The van der Waals surface area contributed by atoms with E-state index >= 15 is 0 Å². The minimum Gasteiger partial charge on any atom is -0.120 e. The highest BCUT2D eigenvalue weighted by molar-refractivity contribution is 5.10. The first-order chi connectivity index (χ1) is 9.50. The fourth-order valence-corrected chi connectivity index (χ4v) is 1.68. The highest BCUT2D eigenvalue weighted by atomic mass is 14.4. The lowest BCUT2D eigenvalue weighted by molar-refractivity contribution is 0.0772. The second-order valence-corrected chi connectivity index (χ2v) is 6.43. The smallest absolute Gasteiger partial charge is 0.00297 e. The standard InChI is InChI=1S/C13H26.C3H8.C3H4.C2H6/c1-9-11(4)13(7,8)12(5,6)10(2)3;2*1-3-2;1-2/h11H,2,9H2,1,3-8H3;3H2,1-2H3;1H,2H3;1-2H3. The molecule has 21 heavy (non-hydrogen) atoms. The molecule has 0 bridgehead atoms. The summed E-state index contributed by atoms with van der Waals surface area (Å²) in [5.41, 5.74) is 1.84. The molecule has 1 atom stereocenters. The number of hydrogen-bond acceptors (Lipinski definition) is 0. The third-order valence-electron chi connectivity index (χ3n) is 4.52. The first kappa shape index (κ1) is 28.5. The van der Waals surface area contributed by atoms with Crippen LogP contribution in [-0.4, -0.2) is 0 Å². The Morgan fingerprint density at radius 2 is 1.33 bits per heavy atom. The first-order valence-electron chi connectivity index (χ1n) is 8.54. The summed E-state index contributed by atoms with van der Waals surface area (Å²) >= 11 is 0. The predicted molar refractivity (Wildman–Crippen MR) is 104 cm³/mol. The highest BCUT2D eigenvalue weighted by Crippen LogP contribution is 2.49. The van der Waals surface area contributed by atoms with Gasteiger partial charge in [0.15, 0.2) is 0 Å². The van der Waals surface area contributed by atoms with E-state index in [-0.39, 0.29) is 5.41 Å². The zero-order valence-corrected chi connectivity index (χ0v) is 17.3. The van der Waals surface area contributed by atoms with E-state index in [9.17, 15) is 0 Å². The van der Waals surface area contributed by atoms with Gasteiger partial charge in [0.05, 0.1) is 0 Å². The lowest BCUT2D eigenvalue weighted by atomic mass is 9.58. The van der Waals surface area contributed by atoms with E-state index in [0.717, 1.165) is 5.92 Å². The molecule has 0 nitrogen and oxygen atoms in total. The third-order valence-corrected chi connectivity index (χ3v) is 4.52. The summed E-state index contributed by atoms with van der Waals surface area (Å²) in [6, 6.07) is 0. The Labute approximate surface area is 137 Å². The molecule has 0 aromatic heterocycles. The number of allylic oxidation sites excluding steroid dienone is 1. The van der Waals surface area contributed by atoms with E-state index in [1.165, 1.54) is 18.4 Å². The molecule has 0 rings (SSSR count). The maximum atomic E-state index is 4.60. The van der Waals surface area contributed by atoms with Gasteiger partial charge in [-0.2, -0.15) is 0 Å². The minimum atomic E-state index is 0.225. The van der Waals surface area contributed by atoms with Crippen LogP contribution in [0, 0.1) is 29.1 Å². The number of terminal acetylenes is 1. The predicted octanol–water partition coefficient (Wildman–Crippen LogP) is 7.74. The van der Waals surface area contributed by atoms with E-state index < -0.39 is 0 Å². The fourth-order valence-electron chi connectivity index (χ4n) is 1.68. The molecule has 0 aliphatic rings. The maximum Gasteiger partial charge on any atom is -0.00297 e. The van der Waals surface area contributed by atoms with Crippen LogP contribution in [0.1, 0.15) is 95.9 Å². The van der Waals surface area contributed by atoms with Crippen molar-refractivity contribution < 1.29 is 0 Å². The summed E-state index contributed by atoms with van der Waals surface area (Å²) in [6.45, 7) is 30.1. The highest BCUT2D eigenvalue weighted by Gasteiger charge is 2.40. The molecule has 0 heterocycles. The van der Waals surface area contributed by atoms with Gasteiger partial charge in [0.2, 0.25) is 0 Å². The molecule has 0 fully saturated rings. The maximum absolute atomic E-state index is 4.60. The monoisotopic (exact) mass is 296 g/mol. The lowest BCUT2D eigenvalue weighted by Gasteiger charge is -2.46. The molecule has 0 spiro atoms. The van der Waals surface area contributed by atoms with Gasteiger partial charge in [-0.1, -0.05) is 94.2 Å². The van der Waals surface area contributed by atoms with Crippen molar-refractivity contribution in [2.24, 2.45) is 16.7 Å².